The first-order valence-corrected chi connectivity index (χ1v) is 10.1. The fraction of sp³-hybridized carbons (Fsp3) is 0.348. The number of likely N-dealkylation sites (tertiary alicyclic amines) is 1. The summed E-state index contributed by atoms with van der Waals surface area (Å²) in [4.78, 5) is 26.8. The molecule has 7 nitrogen and oxygen atoms in total. The van der Waals surface area contributed by atoms with Crippen LogP contribution >= 0.6 is 0 Å². The zero-order chi connectivity index (χ0) is 21.3. The number of carbonyl (C=O) groups excluding carboxylic acids is 2. The van der Waals surface area contributed by atoms with Gasteiger partial charge in [-0.3, -0.25) is 9.48 Å². The maximum absolute atomic E-state index is 12.8. The SMILES string of the molecule is CC(C)(C)OC(=O)N1CCC(n2ccc(NC(=O)c3cccc4ccccc34)n2)C1. The van der Waals surface area contributed by atoms with Crippen molar-refractivity contribution in [2.75, 3.05) is 18.4 Å². The topological polar surface area (TPSA) is 76.5 Å². The highest BCUT2D eigenvalue weighted by Gasteiger charge is 2.31. The molecule has 1 N–H and O–H groups in total. The molecule has 0 radical (unpaired) electrons. The fourth-order valence-corrected chi connectivity index (χ4v) is 3.67. The highest BCUT2D eigenvalue weighted by Crippen LogP contribution is 2.24. The third-order valence-corrected chi connectivity index (χ3v) is 5.07. The molecular weight excluding hydrogens is 380 g/mol. The van der Waals surface area contributed by atoms with E-state index in [9.17, 15) is 9.59 Å². The highest BCUT2D eigenvalue weighted by atomic mass is 16.6. The third-order valence-electron chi connectivity index (χ3n) is 5.07. The van der Waals surface area contributed by atoms with Crippen LogP contribution in [-0.4, -0.2) is 45.4 Å². The summed E-state index contributed by atoms with van der Waals surface area (Å²) in [6.45, 7) is 6.73. The molecule has 3 aromatic rings. The van der Waals surface area contributed by atoms with Crippen LogP contribution in [0.25, 0.3) is 10.8 Å². The molecule has 156 valence electrons. The van der Waals surface area contributed by atoms with Gasteiger partial charge in [0.15, 0.2) is 5.82 Å². The summed E-state index contributed by atoms with van der Waals surface area (Å²) in [6, 6.07) is 15.3. The standard InChI is InChI=1S/C23H26N4O3/c1-23(2,3)30-22(29)26-13-11-17(15-26)27-14-12-20(25-27)24-21(28)19-10-6-8-16-7-4-5-9-18(16)19/h4-10,12,14,17H,11,13,15H2,1-3H3,(H,24,25,28). The lowest BCUT2D eigenvalue weighted by molar-refractivity contribution is 0.0288. The van der Waals surface area contributed by atoms with Crippen molar-refractivity contribution in [3.63, 3.8) is 0 Å². The van der Waals surface area contributed by atoms with Crippen molar-refractivity contribution < 1.29 is 14.3 Å². The van der Waals surface area contributed by atoms with Gasteiger partial charge in [0.2, 0.25) is 0 Å². The van der Waals surface area contributed by atoms with E-state index in [1.807, 2.05) is 74.1 Å². The number of ether oxygens (including phenoxy) is 1. The second-order valence-electron chi connectivity index (χ2n) is 8.53. The minimum absolute atomic E-state index is 0.0562. The first kappa shape index (κ1) is 19.9. The van der Waals surface area contributed by atoms with Crippen LogP contribution < -0.4 is 5.32 Å². The lowest BCUT2D eigenvalue weighted by atomic mass is 10.0. The monoisotopic (exact) mass is 406 g/mol. The molecular formula is C23H26N4O3. The average molecular weight is 406 g/mol. The maximum atomic E-state index is 12.8. The Labute approximate surface area is 175 Å². The van der Waals surface area contributed by atoms with E-state index < -0.39 is 5.60 Å². The Bertz CT molecular complexity index is 1080. The number of rotatable bonds is 3. The molecule has 1 aliphatic rings. The number of carbonyl (C=O) groups is 2. The average Bonchev–Trinajstić information content (AvgIpc) is 3.35. The lowest BCUT2D eigenvalue weighted by Gasteiger charge is -2.24. The second kappa shape index (κ2) is 7.82. The van der Waals surface area contributed by atoms with E-state index >= 15 is 0 Å². The third kappa shape index (κ3) is 4.30. The van der Waals surface area contributed by atoms with Crippen LogP contribution in [0.3, 0.4) is 0 Å². The first-order valence-electron chi connectivity index (χ1n) is 10.1. The number of hydrogen-bond acceptors (Lipinski definition) is 4. The van der Waals surface area contributed by atoms with Gasteiger partial charge in [0, 0.05) is 30.9 Å². The molecule has 1 unspecified atom stereocenters. The summed E-state index contributed by atoms with van der Waals surface area (Å²) in [6.07, 6.45) is 2.32. The summed E-state index contributed by atoms with van der Waals surface area (Å²) in [7, 11) is 0. The van der Waals surface area contributed by atoms with Gasteiger partial charge in [-0.25, -0.2) is 4.79 Å². The molecule has 4 rings (SSSR count). The van der Waals surface area contributed by atoms with Crippen molar-refractivity contribution >= 4 is 28.6 Å². The number of amides is 2. The Kier molecular flexibility index (Phi) is 5.20. The van der Waals surface area contributed by atoms with Crippen molar-refractivity contribution in [2.45, 2.75) is 38.8 Å². The molecule has 7 heteroatoms. The lowest BCUT2D eigenvalue weighted by Crippen LogP contribution is -2.35. The molecule has 1 atom stereocenters. The Balaban J connectivity index is 1.42. The van der Waals surface area contributed by atoms with E-state index in [0.717, 1.165) is 17.2 Å². The van der Waals surface area contributed by atoms with Crippen molar-refractivity contribution in [3.8, 4) is 0 Å². The molecule has 2 amide bonds. The zero-order valence-corrected chi connectivity index (χ0v) is 17.5. The van der Waals surface area contributed by atoms with Gasteiger partial charge in [-0.1, -0.05) is 36.4 Å². The molecule has 2 heterocycles. The number of nitrogens with one attached hydrogen (secondary N) is 1. The molecule has 0 aliphatic carbocycles. The van der Waals surface area contributed by atoms with Gasteiger partial charge in [-0.2, -0.15) is 5.10 Å². The van der Waals surface area contributed by atoms with Gasteiger partial charge in [0.05, 0.1) is 6.04 Å². The van der Waals surface area contributed by atoms with Gasteiger partial charge in [0.1, 0.15) is 5.60 Å². The number of aromatic nitrogens is 2. The Morgan fingerprint density at radius 3 is 2.67 bits per heavy atom. The van der Waals surface area contributed by atoms with E-state index in [0.29, 0.717) is 24.5 Å². The van der Waals surface area contributed by atoms with E-state index in [-0.39, 0.29) is 18.0 Å². The zero-order valence-electron chi connectivity index (χ0n) is 17.5. The van der Waals surface area contributed by atoms with Crippen molar-refractivity contribution in [3.05, 3.63) is 60.3 Å². The van der Waals surface area contributed by atoms with Crippen molar-refractivity contribution in [2.24, 2.45) is 0 Å². The van der Waals surface area contributed by atoms with Gasteiger partial charge in [-0.15, -0.1) is 0 Å². The minimum Gasteiger partial charge on any atom is -0.444 e. The molecule has 1 aliphatic heterocycles. The van der Waals surface area contributed by atoms with Gasteiger partial charge < -0.3 is 15.0 Å². The number of anilines is 1. The van der Waals surface area contributed by atoms with Crippen LogP contribution in [-0.2, 0) is 4.74 Å². The van der Waals surface area contributed by atoms with Crippen LogP contribution in [0.2, 0.25) is 0 Å². The Morgan fingerprint density at radius 2 is 1.87 bits per heavy atom. The highest BCUT2D eigenvalue weighted by molar-refractivity contribution is 6.12. The van der Waals surface area contributed by atoms with Gasteiger partial charge in [0.25, 0.3) is 5.91 Å². The number of benzene rings is 2. The predicted molar refractivity (Wildman–Crippen MR) is 116 cm³/mol. The molecule has 2 aromatic carbocycles. The van der Waals surface area contributed by atoms with Crippen molar-refractivity contribution in [1.82, 2.24) is 14.7 Å². The van der Waals surface area contributed by atoms with E-state index in [2.05, 4.69) is 10.4 Å². The second-order valence-corrected chi connectivity index (χ2v) is 8.53. The molecule has 0 spiro atoms. The molecule has 1 fully saturated rings. The summed E-state index contributed by atoms with van der Waals surface area (Å²) < 4.78 is 7.26. The van der Waals surface area contributed by atoms with Gasteiger partial charge >= 0.3 is 6.09 Å². The molecule has 1 saturated heterocycles. The van der Waals surface area contributed by atoms with Crippen molar-refractivity contribution in [1.29, 1.82) is 0 Å². The maximum Gasteiger partial charge on any atom is 0.410 e. The van der Waals surface area contributed by atoms with Crippen LogP contribution in [0.5, 0.6) is 0 Å². The number of hydrogen-bond donors (Lipinski definition) is 1. The Hall–Kier alpha value is -3.35. The summed E-state index contributed by atoms with van der Waals surface area (Å²) in [5.74, 6) is 0.294. The number of nitrogens with zero attached hydrogens (tertiary/aromatic N) is 3. The normalized spacial score (nSPS) is 16.6. The molecule has 0 saturated carbocycles. The van der Waals surface area contributed by atoms with E-state index in [1.165, 1.54) is 0 Å². The summed E-state index contributed by atoms with van der Waals surface area (Å²) >= 11 is 0. The first-order chi connectivity index (χ1) is 14.3. The predicted octanol–water partition coefficient (Wildman–Crippen LogP) is 4.47. The summed E-state index contributed by atoms with van der Waals surface area (Å²) in [5.41, 5.74) is 0.0968. The quantitative estimate of drug-likeness (QED) is 0.696. The Morgan fingerprint density at radius 1 is 1.10 bits per heavy atom. The smallest absolute Gasteiger partial charge is 0.410 e. The fourth-order valence-electron chi connectivity index (χ4n) is 3.67. The number of fused-ring (bicyclic) bond motifs is 1. The molecule has 1 aromatic heterocycles. The van der Waals surface area contributed by atoms with E-state index in [4.69, 9.17) is 4.74 Å². The largest absolute Gasteiger partial charge is 0.444 e. The van der Waals surface area contributed by atoms with E-state index in [1.54, 1.807) is 11.0 Å². The van der Waals surface area contributed by atoms with Crippen LogP contribution in [0, 0.1) is 0 Å². The van der Waals surface area contributed by atoms with Gasteiger partial charge in [-0.05, 0) is 44.0 Å². The summed E-state index contributed by atoms with van der Waals surface area (Å²) in [5, 5.41) is 9.32. The minimum atomic E-state index is -0.514. The molecule has 0 bridgehead atoms. The van der Waals surface area contributed by atoms with Crippen LogP contribution in [0.1, 0.15) is 43.6 Å². The van der Waals surface area contributed by atoms with Crippen LogP contribution in [0.4, 0.5) is 10.6 Å². The van der Waals surface area contributed by atoms with Crippen LogP contribution in [0.15, 0.2) is 54.7 Å². The molecule has 30 heavy (non-hydrogen) atoms.